The lowest BCUT2D eigenvalue weighted by Crippen LogP contribution is -2.27. The molecule has 1 atom stereocenters. The minimum Gasteiger partial charge on any atom is -0.329 e. The minimum atomic E-state index is 0.168. The van der Waals surface area contributed by atoms with Crippen molar-refractivity contribution < 1.29 is 0 Å². The van der Waals surface area contributed by atoms with Crippen LogP contribution in [0.4, 0.5) is 0 Å². The van der Waals surface area contributed by atoms with Gasteiger partial charge in [0.2, 0.25) is 0 Å². The number of rotatable bonds is 5. The van der Waals surface area contributed by atoms with Gasteiger partial charge in [-0.15, -0.1) is 11.3 Å². The molecule has 4 heteroatoms. The number of hydrogen-bond donors (Lipinski definition) is 2. The van der Waals surface area contributed by atoms with Crippen molar-refractivity contribution in [2.24, 2.45) is 5.73 Å². The van der Waals surface area contributed by atoms with Gasteiger partial charge in [0.1, 0.15) is 0 Å². The molecule has 3 nitrogen and oxygen atoms in total. The van der Waals surface area contributed by atoms with Crippen LogP contribution < -0.4 is 11.1 Å². The molecule has 2 heterocycles. The first-order chi connectivity index (χ1) is 9.86. The monoisotopic (exact) mass is 283 g/mol. The Hall–Kier alpha value is -1.75. The van der Waals surface area contributed by atoms with E-state index in [1.54, 1.807) is 11.3 Å². The number of nitrogens with two attached hydrogens (primary N) is 1. The molecule has 0 radical (unpaired) electrons. The fourth-order valence-corrected chi connectivity index (χ4v) is 2.94. The van der Waals surface area contributed by atoms with E-state index in [1.807, 2.05) is 12.3 Å². The van der Waals surface area contributed by atoms with Gasteiger partial charge in [-0.2, -0.15) is 0 Å². The second-order valence-corrected chi connectivity index (χ2v) is 5.74. The van der Waals surface area contributed by atoms with Crippen molar-refractivity contribution >= 4 is 22.2 Å². The van der Waals surface area contributed by atoms with Crippen LogP contribution in [-0.4, -0.2) is 11.5 Å². The number of thiophene rings is 1. The number of nitrogens with zero attached hydrogens (tertiary/aromatic N) is 1. The highest BCUT2D eigenvalue weighted by Gasteiger charge is 2.10. The van der Waals surface area contributed by atoms with Crippen LogP contribution in [-0.2, 0) is 6.54 Å². The fourth-order valence-electron chi connectivity index (χ4n) is 2.29. The van der Waals surface area contributed by atoms with Crippen LogP contribution in [0.15, 0.2) is 54.0 Å². The topological polar surface area (TPSA) is 50.9 Å². The standard InChI is InChI=1S/C16H17N3S/c17-10-16(19-11-14-4-2-8-20-14)13-5-6-15-12(9-13)3-1-7-18-15/h1-9,16,19H,10-11,17H2. The van der Waals surface area contributed by atoms with Crippen LogP contribution in [0.1, 0.15) is 16.5 Å². The van der Waals surface area contributed by atoms with Crippen molar-refractivity contribution in [3.8, 4) is 0 Å². The molecule has 1 unspecified atom stereocenters. The van der Waals surface area contributed by atoms with Gasteiger partial charge < -0.3 is 11.1 Å². The summed E-state index contributed by atoms with van der Waals surface area (Å²) in [5, 5.41) is 6.77. The van der Waals surface area contributed by atoms with Crippen LogP contribution in [0.25, 0.3) is 10.9 Å². The normalized spacial score (nSPS) is 12.7. The Bertz CT molecular complexity index is 679. The summed E-state index contributed by atoms with van der Waals surface area (Å²) >= 11 is 1.76. The highest BCUT2D eigenvalue weighted by Crippen LogP contribution is 2.19. The third-order valence-corrected chi connectivity index (χ3v) is 4.24. The molecule has 3 N–H and O–H groups in total. The first kappa shape index (κ1) is 13.2. The highest BCUT2D eigenvalue weighted by atomic mass is 32.1. The highest BCUT2D eigenvalue weighted by molar-refractivity contribution is 7.09. The average Bonchev–Trinajstić information content (AvgIpc) is 3.01. The molecule has 0 aliphatic rings. The third-order valence-electron chi connectivity index (χ3n) is 3.37. The van der Waals surface area contributed by atoms with Gasteiger partial charge in [-0.05, 0) is 35.2 Å². The Morgan fingerprint density at radius 3 is 2.95 bits per heavy atom. The van der Waals surface area contributed by atoms with Crippen molar-refractivity contribution in [2.75, 3.05) is 6.54 Å². The van der Waals surface area contributed by atoms with Gasteiger partial charge in [0.15, 0.2) is 0 Å². The molecular formula is C16H17N3S. The molecule has 20 heavy (non-hydrogen) atoms. The molecule has 102 valence electrons. The minimum absolute atomic E-state index is 0.168. The molecule has 0 aliphatic carbocycles. The zero-order valence-electron chi connectivity index (χ0n) is 11.1. The molecule has 0 bridgehead atoms. The van der Waals surface area contributed by atoms with Crippen molar-refractivity contribution in [3.05, 3.63) is 64.5 Å². The van der Waals surface area contributed by atoms with Crippen LogP contribution in [0, 0.1) is 0 Å². The van der Waals surface area contributed by atoms with E-state index in [2.05, 4.69) is 52.1 Å². The lowest BCUT2D eigenvalue weighted by Gasteiger charge is -2.17. The molecule has 0 saturated carbocycles. The number of fused-ring (bicyclic) bond motifs is 1. The molecule has 1 aromatic carbocycles. The Morgan fingerprint density at radius 2 is 2.15 bits per heavy atom. The summed E-state index contributed by atoms with van der Waals surface area (Å²) in [7, 11) is 0. The van der Waals surface area contributed by atoms with E-state index in [1.165, 1.54) is 10.4 Å². The van der Waals surface area contributed by atoms with Crippen molar-refractivity contribution in [3.63, 3.8) is 0 Å². The summed E-state index contributed by atoms with van der Waals surface area (Å²) in [5.74, 6) is 0. The van der Waals surface area contributed by atoms with E-state index in [0.717, 1.165) is 17.4 Å². The largest absolute Gasteiger partial charge is 0.329 e. The molecule has 0 aliphatic heterocycles. The third kappa shape index (κ3) is 2.88. The first-order valence-electron chi connectivity index (χ1n) is 6.67. The SMILES string of the molecule is NCC(NCc1cccs1)c1ccc2ncccc2c1. The van der Waals surface area contributed by atoms with E-state index in [-0.39, 0.29) is 6.04 Å². The van der Waals surface area contributed by atoms with Gasteiger partial charge in [0.05, 0.1) is 5.52 Å². The van der Waals surface area contributed by atoms with E-state index in [4.69, 9.17) is 5.73 Å². The fraction of sp³-hybridized carbons (Fsp3) is 0.188. The predicted octanol–water partition coefficient (Wildman–Crippen LogP) is 3.09. The maximum absolute atomic E-state index is 5.91. The molecule has 0 saturated heterocycles. The molecule has 3 rings (SSSR count). The van der Waals surface area contributed by atoms with E-state index in [0.29, 0.717) is 6.54 Å². The van der Waals surface area contributed by atoms with Crippen LogP contribution >= 0.6 is 11.3 Å². The molecule has 3 aromatic rings. The average molecular weight is 283 g/mol. The number of benzene rings is 1. The summed E-state index contributed by atoms with van der Waals surface area (Å²) in [6, 6.07) is 14.7. The zero-order valence-corrected chi connectivity index (χ0v) is 11.9. The summed E-state index contributed by atoms with van der Waals surface area (Å²) in [4.78, 5) is 5.67. The zero-order chi connectivity index (χ0) is 13.8. The summed E-state index contributed by atoms with van der Waals surface area (Å²) in [6.45, 7) is 1.43. The maximum atomic E-state index is 5.91. The van der Waals surface area contributed by atoms with Gasteiger partial charge in [-0.1, -0.05) is 18.2 Å². The van der Waals surface area contributed by atoms with Crippen molar-refractivity contribution in [1.82, 2.24) is 10.3 Å². The molecule has 0 amide bonds. The number of hydrogen-bond acceptors (Lipinski definition) is 4. The Kier molecular flexibility index (Phi) is 4.06. The van der Waals surface area contributed by atoms with Crippen molar-refractivity contribution in [2.45, 2.75) is 12.6 Å². The maximum Gasteiger partial charge on any atom is 0.0702 e. The van der Waals surface area contributed by atoms with Crippen LogP contribution in [0.5, 0.6) is 0 Å². The smallest absolute Gasteiger partial charge is 0.0702 e. The second kappa shape index (κ2) is 6.13. The quantitative estimate of drug-likeness (QED) is 0.756. The molecule has 0 spiro atoms. The number of aromatic nitrogens is 1. The van der Waals surface area contributed by atoms with Gasteiger partial charge in [0, 0.05) is 35.6 Å². The van der Waals surface area contributed by atoms with Crippen LogP contribution in [0.3, 0.4) is 0 Å². The Balaban J connectivity index is 1.79. The van der Waals surface area contributed by atoms with Gasteiger partial charge in [-0.3, -0.25) is 4.98 Å². The predicted molar refractivity (Wildman–Crippen MR) is 84.7 cm³/mol. The lowest BCUT2D eigenvalue weighted by molar-refractivity contribution is 0.545. The molecular weight excluding hydrogens is 266 g/mol. The summed E-state index contributed by atoms with van der Waals surface area (Å²) < 4.78 is 0. The second-order valence-electron chi connectivity index (χ2n) is 4.70. The van der Waals surface area contributed by atoms with E-state index < -0.39 is 0 Å². The lowest BCUT2D eigenvalue weighted by atomic mass is 10.0. The van der Waals surface area contributed by atoms with Gasteiger partial charge in [0.25, 0.3) is 0 Å². The number of pyridine rings is 1. The molecule has 2 aromatic heterocycles. The van der Waals surface area contributed by atoms with E-state index in [9.17, 15) is 0 Å². The Morgan fingerprint density at radius 1 is 1.20 bits per heavy atom. The summed E-state index contributed by atoms with van der Waals surface area (Å²) in [6.07, 6.45) is 1.82. The summed E-state index contributed by atoms with van der Waals surface area (Å²) in [5.41, 5.74) is 8.14. The van der Waals surface area contributed by atoms with Crippen LogP contribution in [0.2, 0.25) is 0 Å². The Labute approximate surface area is 122 Å². The first-order valence-corrected chi connectivity index (χ1v) is 7.55. The van der Waals surface area contributed by atoms with E-state index >= 15 is 0 Å². The van der Waals surface area contributed by atoms with Gasteiger partial charge in [-0.25, -0.2) is 0 Å². The van der Waals surface area contributed by atoms with Crippen molar-refractivity contribution in [1.29, 1.82) is 0 Å². The number of nitrogens with one attached hydrogen (secondary N) is 1. The molecule has 0 fully saturated rings. The van der Waals surface area contributed by atoms with Gasteiger partial charge >= 0.3 is 0 Å².